The number of rotatable bonds is 7. The van der Waals surface area contributed by atoms with Crippen LogP contribution in [0.3, 0.4) is 0 Å². The second-order valence-corrected chi connectivity index (χ2v) is 9.63. The first-order chi connectivity index (χ1) is 13.8. The molecular weight excluding hydrogens is 392 g/mol. The van der Waals surface area contributed by atoms with Crippen LogP contribution in [0.15, 0.2) is 29.2 Å². The van der Waals surface area contributed by atoms with E-state index in [-0.39, 0.29) is 22.6 Å². The molecule has 0 aromatic heterocycles. The Balaban J connectivity index is 1.55. The lowest BCUT2D eigenvalue weighted by Gasteiger charge is -2.47. The lowest BCUT2D eigenvalue weighted by Crippen LogP contribution is -2.62. The van der Waals surface area contributed by atoms with Gasteiger partial charge in [-0.3, -0.25) is 14.5 Å². The Morgan fingerprint density at radius 3 is 2.10 bits per heavy atom. The summed E-state index contributed by atoms with van der Waals surface area (Å²) in [5.41, 5.74) is 5.88. The van der Waals surface area contributed by atoms with E-state index in [4.69, 9.17) is 5.73 Å². The molecule has 0 unspecified atom stereocenters. The molecule has 2 heterocycles. The van der Waals surface area contributed by atoms with Crippen LogP contribution >= 0.6 is 0 Å². The van der Waals surface area contributed by atoms with Gasteiger partial charge >= 0.3 is 0 Å². The standard InChI is InChI=1S/C20H30N4O4S/c1-3-24(4-2)29(27,28)18-7-5-16(6-8-18)20(26)23-13-17(14-23)22-11-9-15(10-12-22)19(21)25/h5-8,15,17H,3-4,9-14H2,1-2H3,(H2,21,25). The van der Waals surface area contributed by atoms with Gasteiger partial charge in [0, 0.05) is 43.7 Å². The van der Waals surface area contributed by atoms with Crippen LogP contribution in [-0.4, -0.2) is 79.6 Å². The third-order valence-electron chi connectivity index (χ3n) is 6.04. The summed E-state index contributed by atoms with van der Waals surface area (Å²) < 4.78 is 26.5. The number of hydrogen-bond donors (Lipinski definition) is 1. The van der Waals surface area contributed by atoms with E-state index >= 15 is 0 Å². The summed E-state index contributed by atoms with van der Waals surface area (Å²) in [7, 11) is -3.52. The maximum atomic E-state index is 12.7. The fraction of sp³-hybridized carbons (Fsp3) is 0.600. The third-order valence-corrected chi connectivity index (χ3v) is 8.11. The number of carbonyl (C=O) groups is 2. The van der Waals surface area contributed by atoms with Crippen molar-refractivity contribution in [1.29, 1.82) is 0 Å². The molecule has 2 aliphatic heterocycles. The molecular formula is C20H30N4O4S. The van der Waals surface area contributed by atoms with Gasteiger partial charge in [0.25, 0.3) is 5.91 Å². The number of amides is 2. The number of likely N-dealkylation sites (tertiary alicyclic amines) is 2. The van der Waals surface area contributed by atoms with E-state index in [2.05, 4.69) is 4.90 Å². The number of sulfonamides is 1. The zero-order valence-electron chi connectivity index (χ0n) is 17.1. The summed E-state index contributed by atoms with van der Waals surface area (Å²) in [5.74, 6) is -0.336. The van der Waals surface area contributed by atoms with Crippen LogP contribution in [0.4, 0.5) is 0 Å². The molecule has 0 bridgehead atoms. The summed E-state index contributed by atoms with van der Waals surface area (Å²) in [4.78, 5) is 28.3. The van der Waals surface area contributed by atoms with Gasteiger partial charge in [0.1, 0.15) is 0 Å². The molecule has 0 atom stereocenters. The van der Waals surface area contributed by atoms with Gasteiger partial charge in [0.15, 0.2) is 0 Å². The molecule has 160 valence electrons. The molecule has 2 aliphatic rings. The second kappa shape index (κ2) is 8.81. The van der Waals surface area contributed by atoms with E-state index in [1.54, 1.807) is 30.9 Å². The maximum Gasteiger partial charge on any atom is 0.253 e. The molecule has 0 radical (unpaired) electrons. The number of nitrogens with zero attached hydrogens (tertiary/aromatic N) is 3. The van der Waals surface area contributed by atoms with Crippen LogP contribution in [0.5, 0.6) is 0 Å². The van der Waals surface area contributed by atoms with Gasteiger partial charge in [-0.15, -0.1) is 0 Å². The quantitative estimate of drug-likeness (QED) is 0.698. The van der Waals surface area contributed by atoms with Crippen molar-refractivity contribution in [1.82, 2.24) is 14.1 Å². The van der Waals surface area contributed by atoms with Crippen LogP contribution in [0.2, 0.25) is 0 Å². The van der Waals surface area contributed by atoms with Crippen LogP contribution < -0.4 is 5.73 Å². The van der Waals surface area contributed by atoms with Crippen molar-refractivity contribution in [3.8, 4) is 0 Å². The molecule has 29 heavy (non-hydrogen) atoms. The predicted molar refractivity (Wildman–Crippen MR) is 110 cm³/mol. The SMILES string of the molecule is CCN(CC)S(=O)(=O)c1ccc(C(=O)N2CC(N3CCC(C(N)=O)CC3)C2)cc1. The minimum Gasteiger partial charge on any atom is -0.369 e. The van der Waals surface area contributed by atoms with Crippen molar-refractivity contribution in [2.24, 2.45) is 11.7 Å². The fourth-order valence-corrected chi connectivity index (χ4v) is 5.52. The molecule has 8 nitrogen and oxygen atoms in total. The molecule has 0 spiro atoms. The van der Waals surface area contributed by atoms with Crippen molar-refractivity contribution in [3.05, 3.63) is 29.8 Å². The normalized spacial score (nSPS) is 19.3. The first-order valence-corrected chi connectivity index (χ1v) is 11.6. The van der Waals surface area contributed by atoms with E-state index < -0.39 is 10.0 Å². The zero-order chi connectivity index (χ0) is 21.2. The van der Waals surface area contributed by atoms with Crippen molar-refractivity contribution in [2.45, 2.75) is 37.6 Å². The molecule has 2 saturated heterocycles. The number of primary amides is 1. The van der Waals surface area contributed by atoms with Gasteiger partial charge in [-0.2, -0.15) is 4.31 Å². The smallest absolute Gasteiger partial charge is 0.253 e. The highest BCUT2D eigenvalue weighted by Gasteiger charge is 2.37. The van der Waals surface area contributed by atoms with E-state index in [0.29, 0.717) is 37.8 Å². The molecule has 1 aromatic rings. The molecule has 0 aliphatic carbocycles. The predicted octanol–water partition coefficient (Wildman–Crippen LogP) is 0.739. The van der Waals surface area contributed by atoms with Gasteiger partial charge in [-0.1, -0.05) is 13.8 Å². The number of piperidine rings is 1. The first kappa shape index (κ1) is 21.7. The summed E-state index contributed by atoms with van der Waals surface area (Å²) in [6, 6.07) is 6.50. The number of hydrogen-bond acceptors (Lipinski definition) is 5. The monoisotopic (exact) mass is 422 g/mol. The highest BCUT2D eigenvalue weighted by molar-refractivity contribution is 7.89. The Morgan fingerprint density at radius 1 is 1.07 bits per heavy atom. The Hall–Kier alpha value is -1.97. The average molecular weight is 423 g/mol. The highest BCUT2D eigenvalue weighted by atomic mass is 32.2. The Bertz CT molecular complexity index is 838. The number of benzene rings is 1. The van der Waals surface area contributed by atoms with Gasteiger partial charge < -0.3 is 10.6 Å². The van der Waals surface area contributed by atoms with Crippen molar-refractivity contribution in [2.75, 3.05) is 39.3 Å². The molecule has 9 heteroatoms. The number of carbonyl (C=O) groups excluding carboxylic acids is 2. The third kappa shape index (κ3) is 4.46. The molecule has 3 rings (SSSR count). The largest absolute Gasteiger partial charge is 0.369 e. The Morgan fingerprint density at radius 2 is 1.62 bits per heavy atom. The van der Waals surface area contributed by atoms with E-state index in [1.807, 2.05) is 0 Å². The second-order valence-electron chi connectivity index (χ2n) is 7.69. The molecule has 2 N–H and O–H groups in total. The van der Waals surface area contributed by atoms with Gasteiger partial charge in [0.2, 0.25) is 15.9 Å². The van der Waals surface area contributed by atoms with Crippen molar-refractivity contribution >= 4 is 21.8 Å². The van der Waals surface area contributed by atoms with Crippen LogP contribution in [-0.2, 0) is 14.8 Å². The van der Waals surface area contributed by atoms with Crippen LogP contribution in [0.25, 0.3) is 0 Å². The minimum atomic E-state index is -3.52. The lowest BCUT2D eigenvalue weighted by molar-refractivity contribution is -0.123. The van der Waals surface area contributed by atoms with Crippen molar-refractivity contribution < 1.29 is 18.0 Å². The van der Waals surface area contributed by atoms with Gasteiger partial charge in [0.05, 0.1) is 4.90 Å². The van der Waals surface area contributed by atoms with E-state index in [1.165, 1.54) is 16.4 Å². The van der Waals surface area contributed by atoms with Gasteiger partial charge in [-0.25, -0.2) is 8.42 Å². The van der Waals surface area contributed by atoms with Crippen molar-refractivity contribution in [3.63, 3.8) is 0 Å². The Kier molecular flexibility index (Phi) is 6.60. The summed E-state index contributed by atoms with van der Waals surface area (Å²) in [5, 5.41) is 0. The fourth-order valence-electron chi connectivity index (χ4n) is 4.07. The summed E-state index contributed by atoms with van der Waals surface area (Å²) in [6.07, 6.45) is 1.56. The van der Waals surface area contributed by atoms with Gasteiger partial charge in [-0.05, 0) is 50.2 Å². The first-order valence-electron chi connectivity index (χ1n) is 10.2. The topological polar surface area (TPSA) is 104 Å². The lowest BCUT2D eigenvalue weighted by atomic mass is 9.93. The molecule has 1 aromatic carbocycles. The van der Waals surface area contributed by atoms with Crippen LogP contribution in [0, 0.1) is 5.92 Å². The average Bonchev–Trinajstić information content (AvgIpc) is 2.68. The van der Waals surface area contributed by atoms with Crippen LogP contribution in [0.1, 0.15) is 37.0 Å². The summed E-state index contributed by atoms with van der Waals surface area (Å²) in [6.45, 7) is 7.39. The summed E-state index contributed by atoms with van der Waals surface area (Å²) >= 11 is 0. The Labute approximate surface area is 172 Å². The molecule has 2 amide bonds. The number of nitrogens with two attached hydrogens (primary N) is 1. The minimum absolute atomic E-state index is 0.0322. The van der Waals surface area contributed by atoms with E-state index in [0.717, 1.165) is 25.9 Å². The zero-order valence-corrected chi connectivity index (χ0v) is 17.9. The highest BCUT2D eigenvalue weighted by Crippen LogP contribution is 2.25. The molecule has 2 fully saturated rings. The maximum absolute atomic E-state index is 12.7. The van der Waals surface area contributed by atoms with E-state index in [9.17, 15) is 18.0 Å². The molecule has 0 saturated carbocycles.